The predicted molar refractivity (Wildman–Crippen MR) is 73.7 cm³/mol. The topological polar surface area (TPSA) is 0 Å². The molecule has 0 spiro atoms. The van der Waals surface area contributed by atoms with Crippen LogP contribution in [0, 0.1) is 0 Å². The van der Waals surface area contributed by atoms with E-state index in [4.69, 9.17) is 0 Å². The highest BCUT2D eigenvalue weighted by molar-refractivity contribution is 5.83. The Kier molecular flexibility index (Phi) is 2.79. The molecular formula is C17H16. The van der Waals surface area contributed by atoms with Crippen molar-refractivity contribution in [2.24, 2.45) is 0 Å². The standard InChI is InChI=1S/C17H16/c1-2-7-14(8-3-1)13-16-11-6-10-15-9-4-5-12-17(15)16/h1-5,7-9,12-13H,6,10-11H2. The van der Waals surface area contributed by atoms with E-state index in [1.54, 1.807) is 0 Å². The molecule has 0 aromatic heterocycles. The van der Waals surface area contributed by atoms with E-state index >= 15 is 0 Å². The highest BCUT2D eigenvalue weighted by Gasteiger charge is 2.12. The zero-order chi connectivity index (χ0) is 11.5. The van der Waals surface area contributed by atoms with Crippen LogP contribution in [0.3, 0.4) is 0 Å². The first-order valence-corrected chi connectivity index (χ1v) is 6.27. The fourth-order valence-corrected chi connectivity index (χ4v) is 2.56. The minimum absolute atomic E-state index is 1.20. The van der Waals surface area contributed by atoms with E-state index in [1.165, 1.54) is 41.5 Å². The summed E-state index contributed by atoms with van der Waals surface area (Å²) >= 11 is 0. The third-order valence-corrected chi connectivity index (χ3v) is 3.40. The molecule has 0 radical (unpaired) electrons. The zero-order valence-electron chi connectivity index (χ0n) is 9.89. The maximum Gasteiger partial charge on any atom is -0.0192 e. The average Bonchev–Trinajstić information content (AvgIpc) is 2.40. The quantitative estimate of drug-likeness (QED) is 0.660. The first-order valence-electron chi connectivity index (χ1n) is 6.27. The average molecular weight is 220 g/mol. The molecule has 17 heavy (non-hydrogen) atoms. The number of allylic oxidation sites excluding steroid dienone is 1. The molecule has 1 aliphatic rings. The Balaban J connectivity index is 2.03. The lowest BCUT2D eigenvalue weighted by Crippen LogP contribution is -2.00. The Bertz CT molecular complexity index is 535. The summed E-state index contributed by atoms with van der Waals surface area (Å²) in [5, 5.41) is 0. The van der Waals surface area contributed by atoms with Crippen molar-refractivity contribution in [2.45, 2.75) is 19.3 Å². The molecule has 0 saturated heterocycles. The number of rotatable bonds is 1. The Morgan fingerprint density at radius 2 is 1.53 bits per heavy atom. The summed E-state index contributed by atoms with van der Waals surface area (Å²) in [5.41, 5.74) is 5.74. The number of hydrogen-bond acceptors (Lipinski definition) is 0. The van der Waals surface area contributed by atoms with Gasteiger partial charge in [0, 0.05) is 0 Å². The summed E-state index contributed by atoms with van der Waals surface area (Å²) in [4.78, 5) is 0. The normalized spacial score (nSPS) is 16.8. The maximum absolute atomic E-state index is 2.33. The summed E-state index contributed by atoms with van der Waals surface area (Å²) in [6.07, 6.45) is 6.03. The van der Waals surface area contributed by atoms with Crippen LogP contribution in [0.15, 0.2) is 54.6 Å². The third kappa shape index (κ3) is 2.16. The van der Waals surface area contributed by atoms with E-state index in [1.807, 2.05) is 0 Å². The second-order valence-electron chi connectivity index (χ2n) is 4.59. The minimum atomic E-state index is 1.20. The van der Waals surface area contributed by atoms with Crippen LogP contribution in [0.1, 0.15) is 29.5 Å². The van der Waals surface area contributed by atoms with Gasteiger partial charge in [0.2, 0.25) is 0 Å². The number of aryl methyl sites for hydroxylation is 1. The van der Waals surface area contributed by atoms with Crippen molar-refractivity contribution in [1.82, 2.24) is 0 Å². The van der Waals surface area contributed by atoms with Gasteiger partial charge in [-0.25, -0.2) is 0 Å². The van der Waals surface area contributed by atoms with Gasteiger partial charge in [0.1, 0.15) is 0 Å². The van der Waals surface area contributed by atoms with Crippen LogP contribution in [0.5, 0.6) is 0 Å². The molecule has 0 heteroatoms. The molecule has 0 atom stereocenters. The lowest BCUT2D eigenvalue weighted by molar-refractivity contribution is 0.824. The van der Waals surface area contributed by atoms with E-state index in [2.05, 4.69) is 60.7 Å². The van der Waals surface area contributed by atoms with E-state index in [-0.39, 0.29) is 0 Å². The third-order valence-electron chi connectivity index (χ3n) is 3.40. The number of benzene rings is 2. The molecule has 0 bridgehead atoms. The molecule has 2 aromatic rings. The van der Waals surface area contributed by atoms with Gasteiger partial charge in [-0.1, -0.05) is 60.7 Å². The fraction of sp³-hybridized carbons (Fsp3) is 0.176. The van der Waals surface area contributed by atoms with Crippen LogP contribution in [-0.2, 0) is 6.42 Å². The van der Waals surface area contributed by atoms with Crippen molar-refractivity contribution in [3.8, 4) is 0 Å². The van der Waals surface area contributed by atoms with Crippen LogP contribution in [0.4, 0.5) is 0 Å². The zero-order valence-corrected chi connectivity index (χ0v) is 9.89. The van der Waals surface area contributed by atoms with Gasteiger partial charge in [-0.05, 0) is 41.5 Å². The fourth-order valence-electron chi connectivity index (χ4n) is 2.56. The Labute approximate surface area is 103 Å². The van der Waals surface area contributed by atoms with E-state index < -0.39 is 0 Å². The predicted octanol–water partition coefficient (Wildman–Crippen LogP) is 4.56. The smallest absolute Gasteiger partial charge is 0.0192 e. The van der Waals surface area contributed by atoms with Crippen LogP contribution >= 0.6 is 0 Å². The molecule has 0 amide bonds. The van der Waals surface area contributed by atoms with Crippen molar-refractivity contribution in [1.29, 1.82) is 0 Å². The second-order valence-corrected chi connectivity index (χ2v) is 4.59. The van der Waals surface area contributed by atoms with Gasteiger partial charge >= 0.3 is 0 Å². The SMILES string of the molecule is C(=C1CCCc2ccccc21)c1ccccc1. The first-order chi connectivity index (χ1) is 8.43. The molecule has 0 heterocycles. The molecule has 3 rings (SSSR count). The van der Waals surface area contributed by atoms with Gasteiger partial charge in [-0.2, -0.15) is 0 Å². The molecule has 0 aliphatic heterocycles. The maximum atomic E-state index is 2.33. The largest absolute Gasteiger partial charge is 0.0622 e. The van der Waals surface area contributed by atoms with Crippen LogP contribution in [0.25, 0.3) is 11.6 Å². The van der Waals surface area contributed by atoms with Gasteiger partial charge in [-0.3, -0.25) is 0 Å². The lowest BCUT2D eigenvalue weighted by atomic mass is 9.86. The highest BCUT2D eigenvalue weighted by atomic mass is 14.2. The first kappa shape index (κ1) is 10.3. The second kappa shape index (κ2) is 4.58. The van der Waals surface area contributed by atoms with Gasteiger partial charge < -0.3 is 0 Å². The summed E-state index contributed by atoms with van der Waals surface area (Å²) in [5.74, 6) is 0. The van der Waals surface area contributed by atoms with Gasteiger partial charge in [0.15, 0.2) is 0 Å². The van der Waals surface area contributed by atoms with Gasteiger partial charge in [0.05, 0.1) is 0 Å². The number of hydrogen-bond donors (Lipinski definition) is 0. The summed E-state index contributed by atoms with van der Waals surface area (Å²) in [6, 6.07) is 19.4. The van der Waals surface area contributed by atoms with E-state index in [9.17, 15) is 0 Å². The molecule has 0 fully saturated rings. The van der Waals surface area contributed by atoms with Crippen molar-refractivity contribution in [2.75, 3.05) is 0 Å². The summed E-state index contributed by atoms with van der Waals surface area (Å²) < 4.78 is 0. The van der Waals surface area contributed by atoms with Crippen LogP contribution in [-0.4, -0.2) is 0 Å². The lowest BCUT2D eigenvalue weighted by Gasteiger charge is -2.18. The molecule has 1 aliphatic carbocycles. The summed E-state index contributed by atoms with van der Waals surface area (Å²) in [6.45, 7) is 0. The molecule has 0 nitrogen and oxygen atoms in total. The van der Waals surface area contributed by atoms with Crippen LogP contribution in [0.2, 0.25) is 0 Å². The molecular weight excluding hydrogens is 204 g/mol. The molecule has 84 valence electrons. The van der Waals surface area contributed by atoms with Crippen LogP contribution < -0.4 is 0 Å². The monoisotopic (exact) mass is 220 g/mol. The Hall–Kier alpha value is -1.82. The van der Waals surface area contributed by atoms with Crippen molar-refractivity contribution < 1.29 is 0 Å². The summed E-state index contributed by atoms with van der Waals surface area (Å²) in [7, 11) is 0. The molecule has 0 N–H and O–H groups in total. The Morgan fingerprint density at radius 3 is 2.41 bits per heavy atom. The minimum Gasteiger partial charge on any atom is -0.0622 e. The Morgan fingerprint density at radius 1 is 0.765 bits per heavy atom. The number of fused-ring (bicyclic) bond motifs is 1. The highest BCUT2D eigenvalue weighted by Crippen LogP contribution is 2.31. The van der Waals surface area contributed by atoms with Gasteiger partial charge in [0.25, 0.3) is 0 Å². The van der Waals surface area contributed by atoms with E-state index in [0.717, 1.165) is 0 Å². The molecule has 0 unspecified atom stereocenters. The van der Waals surface area contributed by atoms with Crippen molar-refractivity contribution >= 4 is 11.6 Å². The molecule has 2 aromatic carbocycles. The van der Waals surface area contributed by atoms with Crippen molar-refractivity contribution in [3.05, 3.63) is 71.3 Å². The molecule has 0 saturated carbocycles. The van der Waals surface area contributed by atoms with Gasteiger partial charge in [-0.15, -0.1) is 0 Å². The van der Waals surface area contributed by atoms with Crippen molar-refractivity contribution in [3.63, 3.8) is 0 Å². The van der Waals surface area contributed by atoms with E-state index in [0.29, 0.717) is 0 Å².